The Labute approximate surface area is 191 Å². The largest absolute Gasteiger partial charge is 0.480 e. The van der Waals surface area contributed by atoms with E-state index < -0.39 is 0 Å². The van der Waals surface area contributed by atoms with Gasteiger partial charge in [0.1, 0.15) is 23.6 Å². The molecule has 0 spiro atoms. The van der Waals surface area contributed by atoms with Crippen molar-refractivity contribution in [1.29, 1.82) is 5.26 Å². The molecule has 6 rings (SSSR count). The molecule has 0 bridgehead atoms. The SMILES string of the molecule is COc1ncc2c(C#N)c(C3CC3)[nH]c2c1-c1nc2c(C)cc(C)cc2n1C1COCCN1. The maximum atomic E-state index is 9.93. The minimum Gasteiger partial charge on any atom is -0.480 e. The average molecular weight is 443 g/mol. The van der Waals surface area contributed by atoms with Crippen molar-refractivity contribution in [3.63, 3.8) is 0 Å². The number of nitrogens with zero attached hydrogens (tertiary/aromatic N) is 4. The van der Waals surface area contributed by atoms with Crippen molar-refractivity contribution in [2.45, 2.75) is 38.8 Å². The van der Waals surface area contributed by atoms with Crippen molar-refractivity contribution in [2.24, 2.45) is 0 Å². The number of nitrogens with one attached hydrogen (secondary N) is 2. The lowest BCUT2D eigenvalue weighted by molar-refractivity contribution is 0.0552. The summed E-state index contributed by atoms with van der Waals surface area (Å²) in [7, 11) is 1.62. The molecule has 1 aliphatic carbocycles. The highest BCUT2D eigenvalue weighted by Crippen LogP contribution is 2.46. The van der Waals surface area contributed by atoms with Crippen molar-refractivity contribution < 1.29 is 9.47 Å². The van der Waals surface area contributed by atoms with Crippen LogP contribution in [0.2, 0.25) is 0 Å². The summed E-state index contributed by atoms with van der Waals surface area (Å²) in [5.41, 5.74) is 7.58. The van der Waals surface area contributed by atoms with Crippen LogP contribution in [-0.2, 0) is 4.74 Å². The van der Waals surface area contributed by atoms with Gasteiger partial charge in [0.2, 0.25) is 5.88 Å². The van der Waals surface area contributed by atoms with E-state index in [4.69, 9.17) is 14.5 Å². The molecule has 1 aromatic carbocycles. The normalized spacial score (nSPS) is 18.7. The van der Waals surface area contributed by atoms with Gasteiger partial charge in [-0.15, -0.1) is 0 Å². The second-order valence-corrected chi connectivity index (χ2v) is 9.03. The lowest BCUT2D eigenvalue weighted by atomic mass is 10.1. The number of imidazole rings is 1. The quantitative estimate of drug-likeness (QED) is 0.494. The Morgan fingerprint density at radius 3 is 2.82 bits per heavy atom. The summed E-state index contributed by atoms with van der Waals surface area (Å²) < 4.78 is 13.8. The summed E-state index contributed by atoms with van der Waals surface area (Å²) in [6.07, 6.45) is 3.86. The van der Waals surface area contributed by atoms with Crippen LogP contribution in [0.1, 0.15) is 47.3 Å². The first-order valence-corrected chi connectivity index (χ1v) is 11.4. The molecule has 4 heterocycles. The second-order valence-electron chi connectivity index (χ2n) is 9.03. The van der Waals surface area contributed by atoms with E-state index in [1.165, 1.54) is 5.56 Å². The Hall–Kier alpha value is -3.41. The van der Waals surface area contributed by atoms with Crippen LogP contribution in [0.25, 0.3) is 33.3 Å². The fourth-order valence-electron chi connectivity index (χ4n) is 5.07. The molecule has 168 valence electrons. The molecular formula is C25H26N6O2. The number of ether oxygens (including phenoxy) is 2. The molecule has 1 aliphatic heterocycles. The van der Waals surface area contributed by atoms with Crippen LogP contribution < -0.4 is 10.1 Å². The molecule has 3 aromatic heterocycles. The van der Waals surface area contributed by atoms with E-state index in [1.807, 2.05) is 0 Å². The minimum absolute atomic E-state index is 0.0757. The van der Waals surface area contributed by atoms with Crippen molar-refractivity contribution >= 4 is 21.9 Å². The van der Waals surface area contributed by atoms with E-state index in [1.54, 1.807) is 13.3 Å². The Balaban J connectivity index is 1.70. The monoisotopic (exact) mass is 442 g/mol. The number of nitriles is 1. The van der Waals surface area contributed by atoms with E-state index >= 15 is 0 Å². The average Bonchev–Trinajstić information content (AvgIpc) is 3.50. The van der Waals surface area contributed by atoms with Gasteiger partial charge in [0.05, 0.1) is 42.4 Å². The number of aromatic nitrogens is 4. The molecule has 2 fully saturated rings. The van der Waals surface area contributed by atoms with Gasteiger partial charge in [-0.3, -0.25) is 5.32 Å². The van der Waals surface area contributed by atoms with E-state index in [0.29, 0.717) is 30.6 Å². The van der Waals surface area contributed by atoms with Gasteiger partial charge in [-0.2, -0.15) is 5.26 Å². The summed E-state index contributed by atoms with van der Waals surface area (Å²) in [6, 6.07) is 6.72. The van der Waals surface area contributed by atoms with Gasteiger partial charge in [0.25, 0.3) is 0 Å². The number of H-pyrrole nitrogens is 1. The second kappa shape index (κ2) is 7.58. The number of aryl methyl sites for hydroxylation is 2. The number of pyridine rings is 1. The van der Waals surface area contributed by atoms with E-state index in [2.05, 4.69) is 51.9 Å². The summed E-state index contributed by atoms with van der Waals surface area (Å²) in [4.78, 5) is 13.3. The van der Waals surface area contributed by atoms with Gasteiger partial charge >= 0.3 is 0 Å². The van der Waals surface area contributed by atoms with Gasteiger partial charge in [-0.25, -0.2) is 9.97 Å². The number of fused-ring (bicyclic) bond motifs is 2. The van der Waals surface area contributed by atoms with Crippen molar-refractivity contribution in [3.8, 4) is 23.3 Å². The van der Waals surface area contributed by atoms with Crippen molar-refractivity contribution in [3.05, 3.63) is 40.7 Å². The summed E-state index contributed by atoms with van der Waals surface area (Å²) >= 11 is 0. The zero-order valence-corrected chi connectivity index (χ0v) is 19.0. The number of methoxy groups -OCH3 is 1. The van der Waals surface area contributed by atoms with Gasteiger partial charge < -0.3 is 19.0 Å². The van der Waals surface area contributed by atoms with Crippen molar-refractivity contribution in [2.75, 3.05) is 26.9 Å². The number of rotatable bonds is 4. The highest BCUT2D eigenvalue weighted by atomic mass is 16.5. The molecule has 1 unspecified atom stereocenters. The molecule has 0 radical (unpaired) electrons. The Morgan fingerprint density at radius 1 is 1.27 bits per heavy atom. The molecule has 1 saturated carbocycles. The Kier molecular flexibility index (Phi) is 4.64. The van der Waals surface area contributed by atoms with Gasteiger partial charge in [0.15, 0.2) is 0 Å². The summed E-state index contributed by atoms with van der Waals surface area (Å²) in [5, 5.41) is 14.3. The number of hydrogen-bond acceptors (Lipinski definition) is 6. The summed E-state index contributed by atoms with van der Waals surface area (Å²) in [6.45, 7) is 6.18. The Bertz CT molecular complexity index is 1430. The lowest BCUT2D eigenvalue weighted by Crippen LogP contribution is -2.38. The maximum absolute atomic E-state index is 9.93. The molecule has 2 aliphatic rings. The van der Waals surface area contributed by atoms with E-state index in [-0.39, 0.29) is 6.17 Å². The highest BCUT2D eigenvalue weighted by Gasteiger charge is 2.32. The van der Waals surface area contributed by atoms with Crippen LogP contribution in [-0.4, -0.2) is 46.4 Å². The molecular weight excluding hydrogens is 416 g/mol. The number of hydrogen-bond donors (Lipinski definition) is 2. The minimum atomic E-state index is -0.0757. The maximum Gasteiger partial charge on any atom is 0.226 e. The van der Waals surface area contributed by atoms with E-state index in [0.717, 1.165) is 64.0 Å². The molecule has 1 atom stereocenters. The molecule has 0 amide bonds. The molecule has 2 N–H and O–H groups in total. The molecule has 33 heavy (non-hydrogen) atoms. The third kappa shape index (κ3) is 3.11. The van der Waals surface area contributed by atoms with Crippen LogP contribution in [0.3, 0.4) is 0 Å². The first-order valence-electron chi connectivity index (χ1n) is 11.4. The standard InChI is InChI=1S/C25H26N6O2/c1-13-8-14(2)21-18(9-13)31(19-12-33-7-6-27-19)24(30-21)20-23-17(11-28-25(20)32-3)16(10-26)22(29-23)15-4-5-15/h8-9,11,15,19,27,29H,4-7,12H2,1-3H3. The fraction of sp³-hybridized carbons (Fsp3) is 0.400. The van der Waals surface area contributed by atoms with Crippen LogP contribution in [0.15, 0.2) is 18.3 Å². The number of aromatic amines is 1. The number of benzene rings is 1. The van der Waals surface area contributed by atoms with E-state index in [9.17, 15) is 5.26 Å². The third-order valence-corrected chi connectivity index (χ3v) is 6.70. The molecule has 8 nitrogen and oxygen atoms in total. The van der Waals surface area contributed by atoms with Gasteiger partial charge in [-0.1, -0.05) is 6.07 Å². The molecule has 1 saturated heterocycles. The Morgan fingerprint density at radius 2 is 2.12 bits per heavy atom. The highest BCUT2D eigenvalue weighted by molar-refractivity contribution is 6.00. The predicted octanol–water partition coefficient (Wildman–Crippen LogP) is 4.07. The molecule has 8 heteroatoms. The summed E-state index contributed by atoms with van der Waals surface area (Å²) in [5.74, 6) is 1.64. The number of morpholine rings is 1. The zero-order valence-electron chi connectivity index (χ0n) is 19.0. The van der Waals surface area contributed by atoms with Crippen LogP contribution in [0.5, 0.6) is 5.88 Å². The van der Waals surface area contributed by atoms with Crippen LogP contribution in [0, 0.1) is 25.2 Å². The van der Waals surface area contributed by atoms with Crippen LogP contribution >= 0.6 is 0 Å². The van der Waals surface area contributed by atoms with Gasteiger partial charge in [-0.05, 0) is 43.9 Å². The fourth-order valence-corrected chi connectivity index (χ4v) is 5.07. The zero-order chi connectivity index (χ0) is 22.7. The first kappa shape index (κ1) is 20.2. The molecule has 4 aromatic rings. The topological polar surface area (TPSA) is 101 Å². The lowest BCUT2D eigenvalue weighted by Gasteiger charge is -2.27. The smallest absolute Gasteiger partial charge is 0.226 e. The van der Waals surface area contributed by atoms with Crippen molar-refractivity contribution in [1.82, 2.24) is 24.8 Å². The van der Waals surface area contributed by atoms with Crippen LogP contribution in [0.4, 0.5) is 0 Å². The predicted molar refractivity (Wildman–Crippen MR) is 125 cm³/mol. The third-order valence-electron chi connectivity index (χ3n) is 6.70. The first-order chi connectivity index (χ1) is 16.1. The van der Waals surface area contributed by atoms with Gasteiger partial charge in [0, 0.05) is 29.7 Å².